The minimum atomic E-state index is -3.31. The van der Waals surface area contributed by atoms with Crippen LogP contribution in [0, 0.1) is 0 Å². The molecule has 0 N–H and O–H groups in total. The maximum Gasteiger partial charge on any atom is 0.217 e. The Bertz CT molecular complexity index is 359. The molecule has 0 aromatic carbocycles. The Labute approximate surface area is 95.8 Å². The van der Waals surface area contributed by atoms with Crippen molar-refractivity contribution in [1.82, 2.24) is 4.31 Å². The summed E-state index contributed by atoms with van der Waals surface area (Å²) in [5, 5.41) is 0. The molecule has 0 spiro atoms. The Kier molecular flexibility index (Phi) is 3.61. The van der Waals surface area contributed by atoms with Gasteiger partial charge in [0.05, 0.1) is 18.4 Å². The first-order valence-corrected chi connectivity index (χ1v) is 7.30. The molecule has 2 saturated heterocycles. The van der Waals surface area contributed by atoms with Crippen molar-refractivity contribution in [2.24, 2.45) is 0 Å². The standard InChI is InChI=1S/C10H17NO4S/c12-9-3-1-5-11(7-9)16(13,14)8-10-4-2-6-15-10/h10H,1-8H2. The average Bonchev–Trinajstić information content (AvgIpc) is 2.70. The third-order valence-electron chi connectivity index (χ3n) is 3.03. The molecule has 0 amide bonds. The second-order valence-electron chi connectivity index (χ2n) is 4.39. The van der Waals surface area contributed by atoms with E-state index in [9.17, 15) is 13.2 Å². The molecule has 6 heteroatoms. The quantitative estimate of drug-likeness (QED) is 0.712. The maximum atomic E-state index is 12.0. The predicted octanol–water partition coefficient (Wildman–Crippen LogP) is 0.160. The van der Waals surface area contributed by atoms with Crippen molar-refractivity contribution in [2.75, 3.05) is 25.4 Å². The van der Waals surface area contributed by atoms with E-state index in [1.165, 1.54) is 4.31 Å². The van der Waals surface area contributed by atoms with Gasteiger partial charge in [-0.3, -0.25) is 4.79 Å². The van der Waals surface area contributed by atoms with Gasteiger partial charge in [0.15, 0.2) is 0 Å². The summed E-state index contributed by atoms with van der Waals surface area (Å²) in [6, 6.07) is 0. The number of piperidine rings is 1. The SMILES string of the molecule is O=C1CCCN(S(=O)(=O)CC2CCCO2)C1. The van der Waals surface area contributed by atoms with E-state index in [2.05, 4.69) is 0 Å². The lowest BCUT2D eigenvalue weighted by molar-refractivity contribution is -0.120. The van der Waals surface area contributed by atoms with E-state index in [4.69, 9.17) is 4.74 Å². The molecule has 1 unspecified atom stereocenters. The fourth-order valence-electron chi connectivity index (χ4n) is 2.16. The molecule has 0 aliphatic carbocycles. The van der Waals surface area contributed by atoms with Gasteiger partial charge in [0, 0.05) is 19.6 Å². The lowest BCUT2D eigenvalue weighted by Crippen LogP contribution is -2.43. The monoisotopic (exact) mass is 247 g/mol. The van der Waals surface area contributed by atoms with Gasteiger partial charge in [0.2, 0.25) is 10.0 Å². The molecule has 0 aromatic rings. The molecule has 16 heavy (non-hydrogen) atoms. The number of rotatable bonds is 3. The Hall–Kier alpha value is -0.460. The smallest absolute Gasteiger partial charge is 0.217 e. The molecular formula is C10H17NO4S. The Morgan fingerprint density at radius 2 is 2.19 bits per heavy atom. The minimum absolute atomic E-state index is 0.0159. The summed E-state index contributed by atoms with van der Waals surface area (Å²) in [5.74, 6) is 0.0439. The van der Waals surface area contributed by atoms with Crippen LogP contribution in [0.25, 0.3) is 0 Å². The Morgan fingerprint density at radius 3 is 2.81 bits per heavy atom. The summed E-state index contributed by atoms with van der Waals surface area (Å²) in [5.41, 5.74) is 0. The molecule has 0 aromatic heterocycles. The van der Waals surface area contributed by atoms with E-state index in [1.807, 2.05) is 0 Å². The van der Waals surface area contributed by atoms with Crippen LogP contribution in [0.15, 0.2) is 0 Å². The van der Waals surface area contributed by atoms with Crippen molar-refractivity contribution in [2.45, 2.75) is 31.8 Å². The van der Waals surface area contributed by atoms with Gasteiger partial charge in [-0.15, -0.1) is 0 Å². The Morgan fingerprint density at radius 1 is 1.38 bits per heavy atom. The number of carbonyl (C=O) groups excluding carboxylic acids is 1. The Balaban J connectivity index is 1.97. The van der Waals surface area contributed by atoms with Crippen LogP contribution in [-0.4, -0.2) is 50.1 Å². The topological polar surface area (TPSA) is 63.7 Å². The van der Waals surface area contributed by atoms with E-state index in [1.54, 1.807) is 0 Å². The number of ketones is 1. The zero-order chi connectivity index (χ0) is 11.6. The van der Waals surface area contributed by atoms with Crippen LogP contribution in [0.2, 0.25) is 0 Å². The average molecular weight is 247 g/mol. The number of sulfonamides is 1. The van der Waals surface area contributed by atoms with Gasteiger partial charge in [-0.1, -0.05) is 0 Å². The second kappa shape index (κ2) is 4.81. The van der Waals surface area contributed by atoms with E-state index in [-0.39, 0.29) is 24.2 Å². The van der Waals surface area contributed by atoms with Gasteiger partial charge >= 0.3 is 0 Å². The zero-order valence-electron chi connectivity index (χ0n) is 9.22. The first-order chi connectivity index (χ1) is 7.58. The number of hydrogen-bond donors (Lipinski definition) is 0. The van der Waals surface area contributed by atoms with Gasteiger partial charge in [0.1, 0.15) is 5.78 Å². The molecule has 0 saturated carbocycles. The molecular weight excluding hydrogens is 230 g/mol. The largest absolute Gasteiger partial charge is 0.377 e. The van der Waals surface area contributed by atoms with E-state index in [0.717, 1.165) is 12.8 Å². The van der Waals surface area contributed by atoms with Crippen molar-refractivity contribution in [3.8, 4) is 0 Å². The second-order valence-corrected chi connectivity index (χ2v) is 6.40. The zero-order valence-corrected chi connectivity index (χ0v) is 10.0. The lowest BCUT2D eigenvalue weighted by Gasteiger charge is -2.26. The highest BCUT2D eigenvalue weighted by molar-refractivity contribution is 7.89. The summed E-state index contributed by atoms with van der Waals surface area (Å²) in [7, 11) is -3.31. The first-order valence-electron chi connectivity index (χ1n) is 5.69. The molecule has 92 valence electrons. The molecule has 2 aliphatic rings. The number of Topliss-reactive ketones (excluding diaryl/α,β-unsaturated/α-hetero) is 1. The summed E-state index contributed by atoms with van der Waals surface area (Å²) in [6.45, 7) is 1.18. The van der Waals surface area contributed by atoms with Gasteiger partial charge in [-0.25, -0.2) is 8.42 Å². The minimum Gasteiger partial charge on any atom is -0.377 e. The molecule has 1 atom stereocenters. The van der Waals surface area contributed by atoms with Crippen LogP contribution >= 0.6 is 0 Å². The summed E-state index contributed by atoms with van der Waals surface area (Å²) >= 11 is 0. The highest BCUT2D eigenvalue weighted by Gasteiger charge is 2.31. The van der Waals surface area contributed by atoms with Crippen molar-refractivity contribution in [1.29, 1.82) is 0 Å². The summed E-state index contributed by atoms with van der Waals surface area (Å²) < 4.78 is 30.6. The highest BCUT2D eigenvalue weighted by atomic mass is 32.2. The third-order valence-corrected chi connectivity index (χ3v) is 4.92. The van der Waals surface area contributed by atoms with E-state index in [0.29, 0.717) is 26.0 Å². The molecule has 0 bridgehead atoms. The fraction of sp³-hybridized carbons (Fsp3) is 0.900. The van der Waals surface area contributed by atoms with Crippen LogP contribution in [0.4, 0.5) is 0 Å². The van der Waals surface area contributed by atoms with Gasteiger partial charge in [0.25, 0.3) is 0 Å². The predicted molar refractivity (Wildman–Crippen MR) is 58.6 cm³/mol. The maximum absolute atomic E-state index is 12.0. The summed E-state index contributed by atoms with van der Waals surface area (Å²) in [6.07, 6.45) is 2.71. The molecule has 2 fully saturated rings. The third kappa shape index (κ3) is 2.81. The van der Waals surface area contributed by atoms with Crippen molar-refractivity contribution in [3.05, 3.63) is 0 Å². The molecule has 5 nitrogen and oxygen atoms in total. The number of ether oxygens (including phenoxy) is 1. The number of carbonyl (C=O) groups is 1. The van der Waals surface area contributed by atoms with Crippen LogP contribution in [0.5, 0.6) is 0 Å². The normalized spacial score (nSPS) is 28.5. The van der Waals surface area contributed by atoms with Gasteiger partial charge in [-0.2, -0.15) is 4.31 Å². The number of nitrogens with zero attached hydrogens (tertiary/aromatic N) is 1. The summed E-state index contributed by atoms with van der Waals surface area (Å²) in [4.78, 5) is 11.2. The highest BCUT2D eigenvalue weighted by Crippen LogP contribution is 2.18. The van der Waals surface area contributed by atoms with Crippen LogP contribution < -0.4 is 0 Å². The molecule has 2 aliphatic heterocycles. The molecule has 2 rings (SSSR count). The van der Waals surface area contributed by atoms with Gasteiger partial charge in [-0.05, 0) is 19.3 Å². The molecule has 0 radical (unpaired) electrons. The molecule has 2 heterocycles. The van der Waals surface area contributed by atoms with Crippen LogP contribution in [0.3, 0.4) is 0 Å². The van der Waals surface area contributed by atoms with E-state index >= 15 is 0 Å². The first kappa shape index (κ1) is 12.0. The lowest BCUT2D eigenvalue weighted by atomic mass is 10.1. The fourth-order valence-corrected chi connectivity index (χ4v) is 3.85. The van der Waals surface area contributed by atoms with Crippen molar-refractivity contribution >= 4 is 15.8 Å². The van der Waals surface area contributed by atoms with Gasteiger partial charge < -0.3 is 4.74 Å². The number of hydrogen-bond acceptors (Lipinski definition) is 4. The van der Waals surface area contributed by atoms with Crippen molar-refractivity contribution in [3.63, 3.8) is 0 Å². The van der Waals surface area contributed by atoms with E-state index < -0.39 is 10.0 Å². The van der Waals surface area contributed by atoms with Crippen LogP contribution in [0.1, 0.15) is 25.7 Å². The van der Waals surface area contributed by atoms with Crippen LogP contribution in [-0.2, 0) is 19.6 Å². The van der Waals surface area contributed by atoms with Crippen molar-refractivity contribution < 1.29 is 17.9 Å².